The Kier molecular flexibility index (Phi) is 4.64. The molecule has 0 aliphatic heterocycles. The van der Waals surface area contributed by atoms with E-state index in [2.05, 4.69) is 15.0 Å². The standard InChI is InChI=1S/C14H13F3N2O2/c1-18-9-10-3-2-8-19-13(10)20-11-4-6-12(7-5-11)21-14(15,16)17/h2-8,18H,9H2,1H3. The number of benzene rings is 1. The fourth-order valence-corrected chi connectivity index (χ4v) is 1.66. The van der Waals surface area contributed by atoms with Gasteiger partial charge in [0, 0.05) is 18.3 Å². The van der Waals surface area contributed by atoms with E-state index in [1.165, 1.54) is 24.3 Å². The molecule has 0 bridgehead atoms. The largest absolute Gasteiger partial charge is 0.573 e. The number of pyridine rings is 1. The van der Waals surface area contributed by atoms with Crippen LogP contribution in [0.2, 0.25) is 0 Å². The van der Waals surface area contributed by atoms with Crippen molar-refractivity contribution in [2.75, 3.05) is 7.05 Å². The highest BCUT2D eigenvalue weighted by molar-refractivity contribution is 5.35. The van der Waals surface area contributed by atoms with Gasteiger partial charge in [0.05, 0.1) is 0 Å². The van der Waals surface area contributed by atoms with E-state index < -0.39 is 6.36 Å². The van der Waals surface area contributed by atoms with E-state index in [1.54, 1.807) is 19.3 Å². The number of hydrogen-bond acceptors (Lipinski definition) is 4. The van der Waals surface area contributed by atoms with Crippen LogP contribution in [-0.2, 0) is 6.54 Å². The van der Waals surface area contributed by atoms with E-state index in [0.717, 1.165) is 5.56 Å². The minimum absolute atomic E-state index is 0.300. The summed E-state index contributed by atoms with van der Waals surface area (Å²) in [7, 11) is 1.79. The van der Waals surface area contributed by atoms with E-state index in [4.69, 9.17) is 4.74 Å². The van der Waals surface area contributed by atoms with Gasteiger partial charge in [-0.3, -0.25) is 0 Å². The van der Waals surface area contributed by atoms with Crippen molar-refractivity contribution in [2.45, 2.75) is 12.9 Å². The lowest BCUT2D eigenvalue weighted by molar-refractivity contribution is -0.274. The molecule has 0 spiro atoms. The van der Waals surface area contributed by atoms with Gasteiger partial charge in [-0.2, -0.15) is 0 Å². The van der Waals surface area contributed by atoms with Crippen LogP contribution >= 0.6 is 0 Å². The first-order valence-corrected chi connectivity index (χ1v) is 6.10. The number of nitrogens with zero attached hydrogens (tertiary/aromatic N) is 1. The van der Waals surface area contributed by atoms with E-state index in [9.17, 15) is 13.2 Å². The van der Waals surface area contributed by atoms with Crippen LogP contribution in [0, 0.1) is 0 Å². The van der Waals surface area contributed by atoms with Crippen molar-refractivity contribution in [2.24, 2.45) is 0 Å². The molecule has 0 saturated heterocycles. The zero-order valence-corrected chi connectivity index (χ0v) is 11.1. The van der Waals surface area contributed by atoms with E-state index >= 15 is 0 Å². The van der Waals surface area contributed by atoms with Gasteiger partial charge in [0.15, 0.2) is 0 Å². The molecule has 0 unspecified atom stereocenters. The third-order valence-corrected chi connectivity index (χ3v) is 2.49. The molecular formula is C14H13F3N2O2. The third-order valence-electron chi connectivity index (χ3n) is 2.49. The highest BCUT2D eigenvalue weighted by Gasteiger charge is 2.30. The highest BCUT2D eigenvalue weighted by Crippen LogP contribution is 2.27. The first-order chi connectivity index (χ1) is 9.98. The van der Waals surface area contributed by atoms with Crippen molar-refractivity contribution in [3.8, 4) is 17.4 Å². The van der Waals surface area contributed by atoms with Crippen molar-refractivity contribution >= 4 is 0 Å². The van der Waals surface area contributed by atoms with Gasteiger partial charge >= 0.3 is 6.36 Å². The Bertz CT molecular complexity index is 586. The predicted molar refractivity (Wildman–Crippen MR) is 70.2 cm³/mol. The fourth-order valence-electron chi connectivity index (χ4n) is 1.66. The summed E-state index contributed by atoms with van der Waals surface area (Å²) in [5, 5.41) is 2.98. The monoisotopic (exact) mass is 298 g/mol. The Morgan fingerprint density at radius 2 is 1.76 bits per heavy atom. The minimum atomic E-state index is -4.71. The van der Waals surface area contributed by atoms with Crippen molar-refractivity contribution in [3.05, 3.63) is 48.2 Å². The fraction of sp³-hybridized carbons (Fsp3) is 0.214. The van der Waals surface area contributed by atoms with E-state index in [0.29, 0.717) is 18.2 Å². The summed E-state index contributed by atoms with van der Waals surface area (Å²) in [6.45, 7) is 0.568. The average molecular weight is 298 g/mol. The lowest BCUT2D eigenvalue weighted by Gasteiger charge is -2.11. The van der Waals surface area contributed by atoms with Gasteiger partial charge in [-0.05, 0) is 37.4 Å². The quantitative estimate of drug-likeness (QED) is 0.917. The molecule has 0 aliphatic carbocycles. The van der Waals surface area contributed by atoms with Crippen molar-refractivity contribution in [3.63, 3.8) is 0 Å². The number of alkyl halides is 3. The van der Waals surface area contributed by atoms with Crippen LogP contribution in [0.1, 0.15) is 5.56 Å². The topological polar surface area (TPSA) is 43.4 Å². The number of ether oxygens (including phenoxy) is 2. The van der Waals surface area contributed by atoms with Crippen LogP contribution in [0.25, 0.3) is 0 Å². The zero-order chi connectivity index (χ0) is 15.3. The molecule has 21 heavy (non-hydrogen) atoms. The van der Waals surface area contributed by atoms with Crippen LogP contribution in [0.3, 0.4) is 0 Å². The third kappa shape index (κ3) is 4.64. The second-order valence-electron chi connectivity index (χ2n) is 4.12. The first kappa shape index (κ1) is 15.1. The molecule has 7 heteroatoms. The van der Waals surface area contributed by atoms with Crippen molar-refractivity contribution < 1.29 is 22.6 Å². The lowest BCUT2D eigenvalue weighted by Crippen LogP contribution is -2.16. The maximum absolute atomic E-state index is 12.1. The molecule has 4 nitrogen and oxygen atoms in total. The summed E-state index contributed by atoms with van der Waals surface area (Å²) >= 11 is 0. The minimum Gasteiger partial charge on any atom is -0.439 e. The molecule has 0 atom stereocenters. The summed E-state index contributed by atoms with van der Waals surface area (Å²) in [5.41, 5.74) is 0.843. The van der Waals surface area contributed by atoms with Crippen LogP contribution in [0.5, 0.6) is 17.4 Å². The Morgan fingerprint density at radius 3 is 2.38 bits per heavy atom. The Morgan fingerprint density at radius 1 is 1.10 bits per heavy atom. The van der Waals surface area contributed by atoms with Gasteiger partial charge in [-0.25, -0.2) is 4.98 Å². The SMILES string of the molecule is CNCc1cccnc1Oc1ccc(OC(F)(F)F)cc1. The molecule has 2 rings (SSSR count). The maximum Gasteiger partial charge on any atom is 0.573 e. The second-order valence-corrected chi connectivity index (χ2v) is 4.12. The Hall–Kier alpha value is -2.28. The van der Waals surface area contributed by atoms with Crippen LogP contribution in [-0.4, -0.2) is 18.4 Å². The molecule has 1 heterocycles. The molecule has 1 aromatic heterocycles. The smallest absolute Gasteiger partial charge is 0.439 e. The van der Waals surface area contributed by atoms with E-state index in [1.807, 2.05) is 6.07 Å². The number of halogens is 3. The van der Waals surface area contributed by atoms with E-state index in [-0.39, 0.29) is 5.75 Å². The van der Waals surface area contributed by atoms with Gasteiger partial charge in [0.25, 0.3) is 0 Å². The van der Waals surface area contributed by atoms with Crippen LogP contribution in [0.4, 0.5) is 13.2 Å². The zero-order valence-electron chi connectivity index (χ0n) is 11.1. The summed E-state index contributed by atoms with van der Waals surface area (Å²) < 4.78 is 45.5. The summed E-state index contributed by atoms with van der Waals surface area (Å²) in [6, 6.07) is 8.77. The van der Waals surface area contributed by atoms with Crippen LogP contribution in [0.15, 0.2) is 42.6 Å². The molecule has 0 radical (unpaired) electrons. The maximum atomic E-state index is 12.1. The van der Waals surface area contributed by atoms with Crippen molar-refractivity contribution in [1.29, 1.82) is 0 Å². The molecule has 0 fully saturated rings. The Balaban J connectivity index is 2.10. The predicted octanol–water partition coefficient (Wildman–Crippen LogP) is 3.49. The second kappa shape index (κ2) is 6.45. The van der Waals surface area contributed by atoms with Gasteiger partial charge in [0.2, 0.25) is 5.88 Å². The number of aromatic nitrogens is 1. The normalized spacial score (nSPS) is 11.2. The van der Waals surface area contributed by atoms with Crippen molar-refractivity contribution in [1.82, 2.24) is 10.3 Å². The molecular weight excluding hydrogens is 285 g/mol. The van der Waals surface area contributed by atoms with Crippen LogP contribution < -0.4 is 14.8 Å². The van der Waals surface area contributed by atoms with Gasteiger partial charge < -0.3 is 14.8 Å². The molecule has 1 aromatic carbocycles. The van der Waals surface area contributed by atoms with Gasteiger partial charge in [-0.15, -0.1) is 13.2 Å². The Labute approximate surface area is 119 Å². The molecule has 112 valence electrons. The number of hydrogen-bond donors (Lipinski definition) is 1. The molecule has 2 aromatic rings. The van der Waals surface area contributed by atoms with Gasteiger partial charge in [0.1, 0.15) is 11.5 Å². The van der Waals surface area contributed by atoms with Gasteiger partial charge in [-0.1, -0.05) is 6.07 Å². The average Bonchev–Trinajstić information content (AvgIpc) is 2.42. The summed E-state index contributed by atoms with van der Waals surface area (Å²) in [4.78, 5) is 4.10. The molecule has 0 saturated carbocycles. The number of nitrogens with one attached hydrogen (secondary N) is 1. The molecule has 0 amide bonds. The molecule has 1 N–H and O–H groups in total. The molecule has 0 aliphatic rings. The lowest BCUT2D eigenvalue weighted by atomic mass is 10.2. The summed E-state index contributed by atoms with van der Waals surface area (Å²) in [5.74, 6) is 0.475. The first-order valence-electron chi connectivity index (χ1n) is 6.10. The number of rotatable bonds is 5. The highest BCUT2D eigenvalue weighted by atomic mass is 19.4. The summed E-state index contributed by atoms with van der Waals surface area (Å²) in [6.07, 6.45) is -3.13.